The number of fused-ring (bicyclic) bond motifs is 1. The van der Waals surface area contributed by atoms with Gasteiger partial charge in [-0.25, -0.2) is 9.37 Å². The van der Waals surface area contributed by atoms with Crippen molar-refractivity contribution in [3.05, 3.63) is 71.9 Å². The SMILES string of the molecule is O=C(c1ncccc1F)N1CCC(Cc2ccnc3ccccc23)C1. The van der Waals surface area contributed by atoms with Crippen LogP contribution in [0, 0.1) is 11.7 Å². The number of rotatable bonds is 3. The summed E-state index contributed by atoms with van der Waals surface area (Å²) in [7, 11) is 0. The van der Waals surface area contributed by atoms with Crippen LogP contribution in [0.15, 0.2) is 54.9 Å². The Balaban J connectivity index is 1.49. The lowest BCUT2D eigenvalue weighted by Crippen LogP contribution is -2.30. The number of likely N-dealkylation sites (tertiary alicyclic amines) is 1. The van der Waals surface area contributed by atoms with E-state index in [2.05, 4.69) is 16.0 Å². The molecule has 1 atom stereocenters. The first kappa shape index (κ1) is 15.7. The highest BCUT2D eigenvalue weighted by molar-refractivity contribution is 5.92. The lowest BCUT2D eigenvalue weighted by molar-refractivity contribution is 0.0776. The first-order valence-electron chi connectivity index (χ1n) is 8.45. The highest BCUT2D eigenvalue weighted by Crippen LogP contribution is 2.26. The molecule has 4 nitrogen and oxygen atoms in total. The predicted octanol–water partition coefficient (Wildman–Crippen LogP) is 3.47. The number of benzene rings is 1. The molecule has 126 valence electrons. The number of amides is 1. The Kier molecular flexibility index (Phi) is 4.14. The molecule has 2 aromatic heterocycles. The Morgan fingerprint density at radius 3 is 2.88 bits per heavy atom. The molecule has 0 bridgehead atoms. The zero-order chi connectivity index (χ0) is 17.2. The molecule has 5 heteroatoms. The maximum Gasteiger partial charge on any atom is 0.275 e. The van der Waals surface area contributed by atoms with E-state index in [-0.39, 0.29) is 11.6 Å². The van der Waals surface area contributed by atoms with Crippen molar-refractivity contribution < 1.29 is 9.18 Å². The zero-order valence-corrected chi connectivity index (χ0v) is 13.7. The first-order chi connectivity index (χ1) is 12.2. The van der Waals surface area contributed by atoms with Crippen molar-refractivity contribution in [2.24, 2.45) is 5.92 Å². The molecule has 25 heavy (non-hydrogen) atoms. The summed E-state index contributed by atoms with van der Waals surface area (Å²) in [6.07, 6.45) is 5.08. The molecule has 1 aliphatic heterocycles. The number of hydrogen-bond acceptors (Lipinski definition) is 3. The molecule has 0 saturated carbocycles. The molecule has 1 amide bonds. The van der Waals surface area contributed by atoms with Gasteiger partial charge in [-0.05, 0) is 48.6 Å². The van der Waals surface area contributed by atoms with E-state index < -0.39 is 5.82 Å². The Labute approximate surface area is 145 Å². The van der Waals surface area contributed by atoms with E-state index in [1.165, 1.54) is 23.9 Å². The second-order valence-corrected chi connectivity index (χ2v) is 6.43. The summed E-state index contributed by atoms with van der Waals surface area (Å²) in [5.41, 5.74) is 2.15. The van der Waals surface area contributed by atoms with Gasteiger partial charge in [0.15, 0.2) is 11.5 Å². The van der Waals surface area contributed by atoms with Crippen LogP contribution < -0.4 is 0 Å². The van der Waals surface area contributed by atoms with Gasteiger partial charge in [0.05, 0.1) is 5.52 Å². The molecule has 1 saturated heterocycles. The third kappa shape index (κ3) is 3.09. The topological polar surface area (TPSA) is 46.1 Å². The van der Waals surface area contributed by atoms with Gasteiger partial charge in [0, 0.05) is 30.9 Å². The Hall–Kier alpha value is -2.82. The maximum absolute atomic E-state index is 13.8. The van der Waals surface area contributed by atoms with E-state index in [0.717, 1.165) is 23.7 Å². The first-order valence-corrected chi connectivity index (χ1v) is 8.45. The highest BCUT2D eigenvalue weighted by atomic mass is 19.1. The van der Waals surface area contributed by atoms with Gasteiger partial charge in [0.2, 0.25) is 0 Å². The Morgan fingerprint density at radius 1 is 1.12 bits per heavy atom. The lowest BCUT2D eigenvalue weighted by Gasteiger charge is -2.16. The van der Waals surface area contributed by atoms with Gasteiger partial charge in [-0.3, -0.25) is 9.78 Å². The normalized spacial score (nSPS) is 17.2. The van der Waals surface area contributed by atoms with E-state index in [1.807, 2.05) is 30.5 Å². The van der Waals surface area contributed by atoms with Gasteiger partial charge in [-0.1, -0.05) is 18.2 Å². The summed E-state index contributed by atoms with van der Waals surface area (Å²) in [6.45, 7) is 1.27. The smallest absolute Gasteiger partial charge is 0.275 e. The molecular weight excluding hydrogens is 317 g/mol. The van der Waals surface area contributed by atoms with Gasteiger partial charge in [-0.15, -0.1) is 0 Å². The van der Waals surface area contributed by atoms with Crippen molar-refractivity contribution in [1.82, 2.24) is 14.9 Å². The standard InChI is InChI=1S/C20H18FN3O/c21-17-5-3-9-23-19(17)20(25)24-11-8-14(13-24)12-15-7-10-22-18-6-2-1-4-16(15)18/h1-7,9-10,14H,8,11-13H2. The van der Waals surface area contributed by atoms with Crippen molar-refractivity contribution in [1.29, 1.82) is 0 Å². The monoisotopic (exact) mass is 335 g/mol. The van der Waals surface area contributed by atoms with Crippen molar-refractivity contribution in [2.45, 2.75) is 12.8 Å². The van der Waals surface area contributed by atoms with E-state index in [1.54, 1.807) is 4.90 Å². The van der Waals surface area contributed by atoms with E-state index in [0.29, 0.717) is 19.0 Å². The third-order valence-corrected chi connectivity index (χ3v) is 4.78. The molecule has 3 aromatic rings. The van der Waals surface area contributed by atoms with Gasteiger partial charge in [0.25, 0.3) is 5.91 Å². The van der Waals surface area contributed by atoms with Crippen molar-refractivity contribution in [2.75, 3.05) is 13.1 Å². The van der Waals surface area contributed by atoms with Crippen LogP contribution in [-0.4, -0.2) is 33.9 Å². The second-order valence-electron chi connectivity index (χ2n) is 6.43. The van der Waals surface area contributed by atoms with Gasteiger partial charge >= 0.3 is 0 Å². The molecule has 1 fully saturated rings. The van der Waals surface area contributed by atoms with E-state index in [4.69, 9.17) is 0 Å². The molecule has 0 spiro atoms. The van der Waals surface area contributed by atoms with Gasteiger partial charge in [0.1, 0.15) is 0 Å². The summed E-state index contributed by atoms with van der Waals surface area (Å²) < 4.78 is 13.8. The Bertz CT molecular complexity index is 922. The number of hydrogen-bond donors (Lipinski definition) is 0. The Morgan fingerprint density at radius 2 is 2.00 bits per heavy atom. The van der Waals surface area contributed by atoms with Crippen LogP contribution in [0.5, 0.6) is 0 Å². The number of nitrogens with zero attached hydrogens (tertiary/aromatic N) is 3. The summed E-state index contributed by atoms with van der Waals surface area (Å²) in [4.78, 5) is 22.5. The van der Waals surface area contributed by atoms with Crippen LogP contribution in [0.4, 0.5) is 4.39 Å². The average Bonchev–Trinajstić information content (AvgIpc) is 3.10. The summed E-state index contributed by atoms with van der Waals surface area (Å²) >= 11 is 0. The molecule has 0 radical (unpaired) electrons. The molecule has 1 aliphatic rings. The molecule has 1 unspecified atom stereocenters. The minimum absolute atomic E-state index is 0.0856. The molecule has 4 rings (SSSR count). The number of para-hydroxylation sites is 1. The molecule has 0 aliphatic carbocycles. The average molecular weight is 335 g/mol. The number of pyridine rings is 2. The van der Waals surface area contributed by atoms with Gasteiger partial charge < -0.3 is 4.90 Å². The largest absolute Gasteiger partial charge is 0.337 e. The fourth-order valence-corrected chi connectivity index (χ4v) is 3.52. The van der Waals surface area contributed by atoms with Crippen molar-refractivity contribution in [3.8, 4) is 0 Å². The lowest BCUT2D eigenvalue weighted by atomic mass is 9.96. The van der Waals surface area contributed by atoms with Crippen LogP contribution in [0.1, 0.15) is 22.5 Å². The highest BCUT2D eigenvalue weighted by Gasteiger charge is 2.29. The number of aromatic nitrogens is 2. The fraction of sp³-hybridized carbons (Fsp3) is 0.250. The van der Waals surface area contributed by atoms with Crippen LogP contribution in [0.3, 0.4) is 0 Å². The molecule has 1 aromatic carbocycles. The van der Waals surface area contributed by atoms with Crippen LogP contribution in [0.2, 0.25) is 0 Å². The van der Waals surface area contributed by atoms with E-state index >= 15 is 0 Å². The van der Waals surface area contributed by atoms with Crippen molar-refractivity contribution >= 4 is 16.8 Å². The molecular formula is C20H18FN3O. The number of carbonyl (C=O) groups excluding carboxylic acids is 1. The molecule has 0 N–H and O–H groups in total. The van der Waals surface area contributed by atoms with E-state index in [9.17, 15) is 9.18 Å². The quantitative estimate of drug-likeness (QED) is 0.736. The minimum atomic E-state index is -0.559. The maximum atomic E-state index is 13.8. The van der Waals surface area contributed by atoms with Gasteiger partial charge in [-0.2, -0.15) is 0 Å². The fourth-order valence-electron chi connectivity index (χ4n) is 3.52. The van der Waals surface area contributed by atoms with Crippen LogP contribution in [0.25, 0.3) is 10.9 Å². The van der Waals surface area contributed by atoms with Crippen LogP contribution in [-0.2, 0) is 6.42 Å². The van der Waals surface area contributed by atoms with Crippen molar-refractivity contribution in [3.63, 3.8) is 0 Å². The predicted molar refractivity (Wildman–Crippen MR) is 93.7 cm³/mol. The number of carbonyl (C=O) groups is 1. The summed E-state index contributed by atoms with van der Waals surface area (Å²) in [6, 6.07) is 12.9. The molecule has 3 heterocycles. The minimum Gasteiger partial charge on any atom is -0.337 e. The second kappa shape index (κ2) is 6.59. The van der Waals surface area contributed by atoms with Crippen LogP contribution >= 0.6 is 0 Å². The zero-order valence-electron chi connectivity index (χ0n) is 13.7. The summed E-state index contributed by atoms with van der Waals surface area (Å²) in [5, 5.41) is 1.16. The summed E-state index contributed by atoms with van der Waals surface area (Å²) in [5.74, 6) is -0.516. The number of halogens is 1. The third-order valence-electron chi connectivity index (χ3n) is 4.78.